The Morgan fingerprint density at radius 2 is 1.00 bits per heavy atom. The number of carbonyl (C=O) groups excluding carboxylic acids is 4. The van der Waals surface area contributed by atoms with Crippen LogP contribution in [0.3, 0.4) is 0 Å². The number of imide groups is 2. The Bertz CT molecular complexity index is 2110. The second-order valence-electron chi connectivity index (χ2n) is 12.3. The Labute approximate surface area is 281 Å². The summed E-state index contributed by atoms with van der Waals surface area (Å²) in [5.74, 6) is -1.63. The smallest absolute Gasteiger partial charge is 0.262 e. The number of nitrogens with one attached hydrogen (secondary N) is 2. The molecule has 4 amide bonds. The first-order chi connectivity index (χ1) is 23.8. The van der Waals surface area contributed by atoms with Gasteiger partial charge in [-0.2, -0.15) is 0 Å². The van der Waals surface area contributed by atoms with E-state index in [1.54, 1.807) is 63.2 Å². The first-order valence-electron chi connectivity index (χ1n) is 16.1. The summed E-state index contributed by atoms with van der Waals surface area (Å²) >= 11 is 0. The van der Waals surface area contributed by atoms with Crippen molar-refractivity contribution in [1.29, 1.82) is 0 Å². The molecular weight excluding hydrogens is 620 g/mol. The molecule has 0 radical (unpaired) electrons. The van der Waals surface area contributed by atoms with Gasteiger partial charge in [-0.3, -0.25) is 39.6 Å². The second-order valence-corrected chi connectivity index (χ2v) is 12.3. The van der Waals surface area contributed by atoms with Crippen LogP contribution in [0.4, 0.5) is 0 Å². The monoisotopic (exact) mass is 652 g/mol. The fraction of sp³-hybridized carbons (Fsp3) is 0.189. The Morgan fingerprint density at radius 1 is 0.592 bits per heavy atom. The predicted molar refractivity (Wildman–Crippen MR) is 182 cm³/mol. The zero-order chi connectivity index (χ0) is 34.0. The minimum atomic E-state index is -0.717. The van der Waals surface area contributed by atoms with Crippen molar-refractivity contribution < 1.29 is 19.2 Å². The van der Waals surface area contributed by atoms with E-state index in [1.807, 2.05) is 64.8 Å². The van der Waals surface area contributed by atoms with Gasteiger partial charge in [-0.05, 0) is 56.7 Å². The third-order valence-corrected chi connectivity index (χ3v) is 9.46. The maximum absolute atomic E-state index is 13.9. The van der Waals surface area contributed by atoms with Gasteiger partial charge < -0.3 is 9.13 Å². The van der Waals surface area contributed by atoms with Gasteiger partial charge >= 0.3 is 0 Å². The van der Waals surface area contributed by atoms with Crippen molar-refractivity contribution in [3.05, 3.63) is 120 Å². The summed E-state index contributed by atoms with van der Waals surface area (Å²) in [6.45, 7) is 5.44. The number of hydrogen-bond donors (Lipinski definition) is 2. The van der Waals surface area contributed by atoms with Crippen molar-refractivity contribution in [3.8, 4) is 11.4 Å². The molecule has 49 heavy (non-hydrogen) atoms. The van der Waals surface area contributed by atoms with Crippen molar-refractivity contribution in [1.82, 2.24) is 39.5 Å². The van der Waals surface area contributed by atoms with Gasteiger partial charge in [-0.25, -0.2) is 9.97 Å². The molecule has 2 atom stereocenters. The van der Waals surface area contributed by atoms with E-state index in [4.69, 9.17) is 0 Å². The van der Waals surface area contributed by atoms with Crippen LogP contribution < -0.4 is 10.6 Å². The van der Waals surface area contributed by atoms with Gasteiger partial charge in [0, 0.05) is 68.6 Å². The number of amides is 4. The van der Waals surface area contributed by atoms with Crippen LogP contribution in [-0.2, 0) is 0 Å². The average Bonchev–Trinajstić information content (AvgIpc) is 3.85. The molecule has 0 fully saturated rings. The number of aromatic nitrogens is 4. The number of benzene rings is 4. The zero-order valence-corrected chi connectivity index (χ0v) is 27.0. The number of carbonyl (C=O) groups is 4. The van der Waals surface area contributed by atoms with Crippen molar-refractivity contribution in [2.45, 2.75) is 45.7 Å². The first kappa shape index (κ1) is 30.4. The molecule has 4 aromatic carbocycles. The minimum absolute atomic E-state index is 0.407. The minimum Gasteiger partial charge on any atom is -0.306 e. The van der Waals surface area contributed by atoms with E-state index in [2.05, 4.69) is 20.6 Å². The van der Waals surface area contributed by atoms with E-state index in [9.17, 15) is 19.2 Å². The molecule has 244 valence electrons. The summed E-state index contributed by atoms with van der Waals surface area (Å²) < 4.78 is 3.70. The van der Waals surface area contributed by atoms with Gasteiger partial charge in [0.1, 0.15) is 0 Å². The Morgan fingerprint density at radius 3 is 1.37 bits per heavy atom. The van der Waals surface area contributed by atoms with E-state index >= 15 is 0 Å². The summed E-state index contributed by atoms with van der Waals surface area (Å²) in [7, 11) is 0. The topological polar surface area (TPSA) is 134 Å². The molecular formula is C37H32N8O4. The lowest BCUT2D eigenvalue weighted by Crippen LogP contribution is -2.61. The average molecular weight is 653 g/mol. The van der Waals surface area contributed by atoms with Crippen molar-refractivity contribution in [2.75, 3.05) is 0 Å². The lowest BCUT2D eigenvalue weighted by Gasteiger charge is -2.38. The molecule has 0 aliphatic carbocycles. The summed E-state index contributed by atoms with van der Waals surface area (Å²) in [6.07, 6.45) is 8.97. The molecule has 2 aliphatic rings. The SMILES string of the molecule is CCC(NC(C)N1C(=O)c2cccc3c(-n4ccnc4)ccc(c23)C1=O)NC(C)N1C(=O)c2cccc3c(-n4ccnc4)ccc(c23)C1=O. The van der Waals surface area contributed by atoms with Crippen LogP contribution in [0.25, 0.3) is 32.9 Å². The van der Waals surface area contributed by atoms with Gasteiger partial charge in [0.2, 0.25) is 0 Å². The van der Waals surface area contributed by atoms with Crippen LogP contribution >= 0.6 is 0 Å². The highest BCUT2D eigenvalue weighted by atomic mass is 16.2. The summed E-state index contributed by atoms with van der Waals surface area (Å²) in [5.41, 5.74) is 3.39. The zero-order valence-electron chi connectivity index (χ0n) is 27.0. The molecule has 12 nitrogen and oxygen atoms in total. The van der Waals surface area contributed by atoms with E-state index in [0.717, 1.165) is 22.1 Å². The summed E-state index contributed by atoms with van der Waals surface area (Å²) in [5, 5.41) is 9.50. The largest absolute Gasteiger partial charge is 0.306 e. The fourth-order valence-corrected chi connectivity index (χ4v) is 7.17. The van der Waals surface area contributed by atoms with Gasteiger partial charge in [0.25, 0.3) is 23.6 Å². The van der Waals surface area contributed by atoms with E-state index in [-0.39, 0.29) is 0 Å². The normalized spacial score (nSPS) is 16.1. The molecule has 0 saturated heterocycles. The molecule has 2 aromatic heterocycles. The number of nitrogens with zero attached hydrogens (tertiary/aromatic N) is 6. The Hall–Kier alpha value is -5.98. The lowest BCUT2D eigenvalue weighted by atomic mass is 9.92. The number of hydrogen-bond acceptors (Lipinski definition) is 8. The third kappa shape index (κ3) is 4.67. The molecule has 2 aliphatic heterocycles. The molecule has 4 heterocycles. The van der Waals surface area contributed by atoms with Crippen LogP contribution in [0.5, 0.6) is 0 Å². The fourth-order valence-electron chi connectivity index (χ4n) is 7.17. The molecule has 0 bridgehead atoms. The summed E-state index contributed by atoms with van der Waals surface area (Å²) in [6, 6.07) is 18.1. The first-order valence-corrected chi connectivity index (χ1v) is 16.1. The van der Waals surface area contributed by atoms with Crippen molar-refractivity contribution >= 4 is 45.2 Å². The molecule has 0 saturated carbocycles. The number of rotatable bonds is 9. The van der Waals surface area contributed by atoms with Crippen LogP contribution in [0.2, 0.25) is 0 Å². The van der Waals surface area contributed by atoms with Crippen LogP contribution in [0, 0.1) is 0 Å². The van der Waals surface area contributed by atoms with Crippen molar-refractivity contribution in [3.63, 3.8) is 0 Å². The molecule has 12 heteroatoms. The highest BCUT2D eigenvalue weighted by Gasteiger charge is 2.39. The van der Waals surface area contributed by atoms with Crippen LogP contribution in [-0.4, -0.2) is 71.0 Å². The molecule has 8 rings (SSSR count). The number of imidazole rings is 2. The molecule has 6 aromatic rings. The highest BCUT2D eigenvalue weighted by Crippen LogP contribution is 2.36. The maximum Gasteiger partial charge on any atom is 0.262 e. The van der Waals surface area contributed by atoms with Crippen LogP contribution in [0.15, 0.2) is 98.1 Å². The Balaban J connectivity index is 1.04. The van der Waals surface area contributed by atoms with E-state index in [1.165, 1.54) is 9.80 Å². The van der Waals surface area contributed by atoms with Gasteiger partial charge in [-0.15, -0.1) is 0 Å². The van der Waals surface area contributed by atoms with Gasteiger partial charge in [-0.1, -0.05) is 31.2 Å². The molecule has 2 unspecified atom stereocenters. The lowest BCUT2D eigenvalue weighted by molar-refractivity contribution is 0.0473. The maximum atomic E-state index is 13.9. The van der Waals surface area contributed by atoms with Gasteiger partial charge in [0.05, 0.1) is 42.5 Å². The standard InChI is InChI=1S/C37H32N8O4/c1-4-31(40-21(2)44-34(46)25-9-5-7-23-29(42-17-15-38-19-42)13-11-27(32(23)25)36(44)48)41-22(3)45-35(47)26-10-6-8-24-30(43-18-16-39-20-43)14-12-28(33(24)26)37(45)49/h5-22,31,40-41H,4H2,1-3H3. The predicted octanol–water partition coefficient (Wildman–Crippen LogP) is 4.86. The highest BCUT2D eigenvalue weighted by molar-refractivity contribution is 6.27. The second kappa shape index (κ2) is 11.6. The van der Waals surface area contributed by atoms with Crippen LogP contribution in [0.1, 0.15) is 68.6 Å². The van der Waals surface area contributed by atoms with Gasteiger partial charge in [0.15, 0.2) is 0 Å². The van der Waals surface area contributed by atoms with Crippen molar-refractivity contribution in [2.24, 2.45) is 0 Å². The van der Waals surface area contributed by atoms with E-state index in [0.29, 0.717) is 39.4 Å². The summed E-state index contributed by atoms with van der Waals surface area (Å²) in [4.78, 5) is 66.4. The third-order valence-electron chi connectivity index (χ3n) is 9.46. The van der Waals surface area contributed by atoms with E-state index < -0.39 is 42.1 Å². The Kier molecular flexibility index (Phi) is 7.20. The molecule has 0 spiro atoms. The quantitative estimate of drug-likeness (QED) is 0.167. The molecule has 2 N–H and O–H groups in total.